The molecule has 2 unspecified atom stereocenters. The van der Waals surface area contributed by atoms with E-state index >= 15 is 0 Å². The largest absolute Gasteiger partial charge is 0.444 e. The lowest BCUT2D eigenvalue weighted by atomic mass is 10.1. The second kappa shape index (κ2) is 12.6. The van der Waals surface area contributed by atoms with Gasteiger partial charge in [0.15, 0.2) is 5.76 Å². The highest BCUT2D eigenvalue weighted by Gasteiger charge is 2.42. The Hall–Kier alpha value is -2.51. The molecule has 0 spiro atoms. The topological polar surface area (TPSA) is 101 Å². The minimum Gasteiger partial charge on any atom is -0.444 e. The summed E-state index contributed by atoms with van der Waals surface area (Å²) in [5.41, 5.74) is 2.64. The Kier molecular flexibility index (Phi) is 9.29. The van der Waals surface area contributed by atoms with Gasteiger partial charge in [-0.25, -0.2) is 9.78 Å². The van der Waals surface area contributed by atoms with Crippen LogP contribution in [0.25, 0.3) is 11.3 Å². The zero-order valence-corrected chi connectivity index (χ0v) is 27.9. The van der Waals surface area contributed by atoms with E-state index in [0.717, 1.165) is 33.3 Å². The molecular formula is C30H41BrN4O6Si. The summed E-state index contributed by atoms with van der Waals surface area (Å²) in [6.45, 7) is 14.7. The van der Waals surface area contributed by atoms with E-state index in [4.69, 9.17) is 28.5 Å². The highest BCUT2D eigenvalue weighted by atomic mass is 79.9. The maximum absolute atomic E-state index is 13.6. The third-order valence-corrected chi connectivity index (χ3v) is 9.42. The van der Waals surface area contributed by atoms with Gasteiger partial charge < -0.3 is 28.0 Å². The number of imidazole rings is 1. The summed E-state index contributed by atoms with van der Waals surface area (Å²) in [5.74, 6) is 1.34. The summed E-state index contributed by atoms with van der Waals surface area (Å²) in [5, 5.41) is 4.14. The van der Waals surface area contributed by atoms with Crippen LogP contribution < -0.4 is 0 Å². The van der Waals surface area contributed by atoms with Crippen LogP contribution >= 0.6 is 15.9 Å². The number of rotatable bonds is 6. The number of carbonyl (C=O) groups excluding carboxylic acids is 1. The highest BCUT2D eigenvalue weighted by Crippen LogP contribution is 2.38. The first kappa shape index (κ1) is 30.9. The van der Waals surface area contributed by atoms with E-state index in [9.17, 15) is 4.79 Å². The number of hydrogen-bond acceptors (Lipinski definition) is 8. The van der Waals surface area contributed by atoms with Gasteiger partial charge in [-0.3, -0.25) is 4.90 Å². The van der Waals surface area contributed by atoms with Crippen LogP contribution in [0.15, 0.2) is 39.3 Å². The van der Waals surface area contributed by atoms with Gasteiger partial charge in [0.25, 0.3) is 0 Å². The summed E-state index contributed by atoms with van der Waals surface area (Å²) in [4.78, 5) is 20.5. The minimum atomic E-state index is -1.29. The Labute approximate surface area is 256 Å². The standard InChI is InChI=1S/C30H41BrN4O6Si/c1-30(2,3)40-29(36)34-15-23-14-25(34)28-32-27(20-7-9-21(31)10-8-20)26(35(28)19-37-11-12-42(4,5)6)18-38-17-24-13-22(16-39-23)33-41-24/h7-10,13,23,25H,11-12,14-19H2,1-6H3. The molecular weight excluding hydrogens is 620 g/mol. The number of hydrogen-bond donors (Lipinski definition) is 0. The summed E-state index contributed by atoms with van der Waals surface area (Å²) in [7, 11) is -1.29. The van der Waals surface area contributed by atoms with Crippen LogP contribution in [-0.2, 0) is 45.5 Å². The molecule has 12 heteroatoms. The number of nitrogens with zero attached hydrogens (tertiary/aromatic N) is 4. The van der Waals surface area contributed by atoms with Gasteiger partial charge in [0.1, 0.15) is 30.5 Å². The molecule has 2 aliphatic rings. The molecule has 2 aliphatic heterocycles. The molecule has 0 radical (unpaired) electrons. The van der Waals surface area contributed by atoms with Crippen molar-refractivity contribution in [2.45, 2.75) is 97.2 Å². The van der Waals surface area contributed by atoms with Crippen LogP contribution in [0.3, 0.4) is 0 Å². The van der Waals surface area contributed by atoms with Crippen molar-refractivity contribution in [2.24, 2.45) is 0 Å². The summed E-state index contributed by atoms with van der Waals surface area (Å²) in [6, 6.07) is 10.5. The number of likely N-dealkylation sites (tertiary alicyclic amines) is 1. The van der Waals surface area contributed by atoms with Crippen molar-refractivity contribution in [3.8, 4) is 11.3 Å². The van der Waals surface area contributed by atoms with E-state index in [1.807, 2.05) is 51.1 Å². The van der Waals surface area contributed by atoms with Gasteiger partial charge in [-0.1, -0.05) is 52.9 Å². The van der Waals surface area contributed by atoms with E-state index in [1.165, 1.54) is 0 Å². The van der Waals surface area contributed by atoms with Gasteiger partial charge in [0.05, 0.1) is 43.3 Å². The minimum absolute atomic E-state index is 0.237. The average molecular weight is 662 g/mol. The Bertz CT molecular complexity index is 1380. The highest BCUT2D eigenvalue weighted by molar-refractivity contribution is 9.10. The van der Waals surface area contributed by atoms with Crippen molar-refractivity contribution < 1.29 is 28.3 Å². The monoisotopic (exact) mass is 660 g/mol. The zero-order chi connectivity index (χ0) is 30.1. The lowest BCUT2D eigenvalue weighted by Crippen LogP contribution is -2.38. The fourth-order valence-corrected chi connectivity index (χ4v) is 6.07. The molecule has 1 saturated heterocycles. The van der Waals surface area contributed by atoms with Gasteiger partial charge >= 0.3 is 6.09 Å². The molecule has 1 fully saturated rings. The molecule has 1 amide bonds. The van der Waals surface area contributed by atoms with Crippen molar-refractivity contribution in [1.82, 2.24) is 19.6 Å². The summed E-state index contributed by atoms with van der Waals surface area (Å²) < 4.78 is 33.1. The van der Waals surface area contributed by atoms with Gasteiger partial charge in [0.2, 0.25) is 0 Å². The first-order valence-corrected chi connectivity index (χ1v) is 18.9. The second-order valence-corrected chi connectivity index (χ2v) is 19.7. The predicted molar refractivity (Wildman–Crippen MR) is 163 cm³/mol. The fourth-order valence-electron chi connectivity index (χ4n) is 5.05. The van der Waals surface area contributed by atoms with Crippen molar-refractivity contribution in [3.63, 3.8) is 0 Å². The number of benzene rings is 1. The SMILES string of the molecule is CC(C)(C)OC(=O)N1CC2CC1c1nc(-c3ccc(Br)cc3)c(n1COCC[Si](C)(C)C)COCc1cc(no1)CO2. The Balaban J connectivity index is 1.59. The molecule has 42 heavy (non-hydrogen) atoms. The molecule has 10 nitrogen and oxygen atoms in total. The number of ether oxygens (including phenoxy) is 4. The van der Waals surface area contributed by atoms with Crippen molar-refractivity contribution in [1.29, 1.82) is 0 Å². The Morgan fingerprint density at radius 3 is 2.62 bits per heavy atom. The number of halogens is 1. The average Bonchev–Trinajstić information content (AvgIpc) is 3.61. The van der Waals surface area contributed by atoms with Crippen LogP contribution in [0.4, 0.5) is 4.79 Å². The van der Waals surface area contributed by atoms with E-state index < -0.39 is 19.8 Å². The Morgan fingerprint density at radius 1 is 1.14 bits per heavy atom. The number of carbonyl (C=O) groups is 1. The van der Waals surface area contributed by atoms with Crippen molar-refractivity contribution >= 4 is 30.1 Å². The van der Waals surface area contributed by atoms with E-state index in [-0.39, 0.29) is 32.0 Å². The maximum Gasteiger partial charge on any atom is 0.411 e. The van der Waals surface area contributed by atoms with E-state index in [2.05, 4.69) is 45.3 Å². The van der Waals surface area contributed by atoms with Crippen LogP contribution in [0.2, 0.25) is 25.7 Å². The van der Waals surface area contributed by atoms with Crippen molar-refractivity contribution in [2.75, 3.05) is 13.2 Å². The third kappa shape index (κ3) is 7.70. The first-order valence-electron chi connectivity index (χ1n) is 14.4. The van der Waals surface area contributed by atoms with E-state index in [0.29, 0.717) is 37.8 Å². The lowest BCUT2D eigenvalue weighted by molar-refractivity contribution is 0.0129. The fraction of sp³-hybridized carbons (Fsp3) is 0.567. The summed E-state index contributed by atoms with van der Waals surface area (Å²) in [6.07, 6.45) is -0.0844. The van der Waals surface area contributed by atoms with Gasteiger partial charge in [-0.05, 0) is 38.9 Å². The molecule has 2 atom stereocenters. The molecule has 0 N–H and O–H groups in total. The maximum atomic E-state index is 13.6. The van der Waals surface area contributed by atoms with Crippen LogP contribution in [0, 0.1) is 0 Å². The normalized spacial score (nSPS) is 19.5. The van der Waals surface area contributed by atoms with Gasteiger partial charge in [-0.15, -0.1) is 0 Å². The zero-order valence-electron chi connectivity index (χ0n) is 25.3. The van der Waals surface area contributed by atoms with Crippen LogP contribution in [0.1, 0.15) is 56.2 Å². The molecule has 5 rings (SSSR count). The van der Waals surface area contributed by atoms with Crippen molar-refractivity contribution in [3.05, 3.63) is 57.8 Å². The quantitative estimate of drug-likeness (QED) is 0.208. The molecule has 6 bridgehead atoms. The second-order valence-electron chi connectivity index (χ2n) is 13.1. The molecule has 1 aromatic carbocycles. The lowest BCUT2D eigenvalue weighted by Gasteiger charge is -2.28. The first-order chi connectivity index (χ1) is 19.9. The Morgan fingerprint density at radius 2 is 1.90 bits per heavy atom. The van der Waals surface area contributed by atoms with Crippen LogP contribution in [0.5, 0.6) is 0 Å². The van der Waals surface area contributed by atoms with Crippen LogP contribution in [-0.4, -0.2) is 58.6 Å². The number of amides is 1. The van der Waals surface area contributed by atoms with E-state index in [1.54, 1.807) is 4.90 Å². The van der Waals surface area contributed by atoms with Gasteiger partial charge in [-0.2, -0.15) is 0 Å². The molecule has 4 heterocycles. The molecule has 3 aromatic rings. The molecule has 228 valence electrons. The van der Waals surface area contributed by atoms with Gasteiger partial charge in [0, 0.05) is 37.2 Å². The number of fused-ring (bicyclic) bond motifs is 7. The predicted octanol–water partition coefficient (Wildman–Crippen LogP) is 6.91. The molecule has 0 aliphatic carbocycles. The molecule has 2 aromatic heterocycles. The summed E-state index contributed by atoms with van der Waals surface area (Å²) >= 11 is 3.54. The molecule has 0 saturated carbocycles. The number of aromatic nitrogens is 3. The third-order valence-electron chi connectivity index (χ3n) is 7.18. The smallest absolute Gasteiger partial charge is 0.411 e.